The number of benzene rings is 1. The molecule has 5 rings (SSSR count). The molecule has 0 radical (unpaired) electrons. The van der Waals surface area contributed by atoms with Crippen molar-refractivity contribution in [2.75, 3.05) is 5.32 Å². The largest absolute Gasteiger partial charge is 0.353 e. The third kappa shape index (κ3) is 2.82. The quantitative estimate of drug-likeness (QED) is 0.549. The van der Waals surface area contributed by atoms with E-state index in [1.165, 1.54) is 45.4 Å². The maximum Gasteiger partial charge on any atom is 0.256 e. The molecule has 3 heterocycles. The highest BCUT2D eigenvalue weighted by molar-refractivity contribution is 7.16. The van der Waals surface area contributed by atoms with Crippen LogP contribution in [0.15, 0.2) is 24.3 Å². The number of thiophene rings is 1. The van der Waals surface area contributed by atoms with E-state index in [0.29, 0.717) is 11.3 Å². The minimum atomic E-state index is -0.195. The summed E-state index contributed by atoms with van der Waals surface area (Å²) in [5.41, 5.74) is 6.09. The molecule has 2 aromatic heterocycles. The van der Waals surface area contributed by atoms with E-state index in [-0.39, 0.29) is 12.1 Å². The van der Waals surface area contributed by atoms with Crippen LogP contribution in [0.2, 0.25) is 0 Å². The number of fused-ring (bicyclic) bond motifs is 4. The molecule has 0 spiro atoms. The Kier molecular flexibility index (Phi) is 4.51. The SMILES string of the molecule is CCC(C)(C)[C@@H]1CCc2c(sc3c2C(=O)N[C@@H](c2c(C)n(C)c4ccccc24)N3)C1. The van der Waals surface area contributed by atoms with Gasteiger partial charge in [0.05, 0.1) is 5.56 Å². The molecule has 2 aliphatic rings. The number of hydrogen-bond acceptors (Lipinski definition) is 3. The monoisotopic (exact) mass is 421 g/mol. The smallest absolute Gasteiger partial charge is 0.256 e. The molecule has 4 nitrogen and oxygen atoms in total. The van der Waals surface area contributed by atoms with Crippen LogP contribution >= 0.6 is 11.3 Å². The second-order valence-corrected chi connectivity index (χ2v) is 10.7. The van der Waals surface area contributed by atoms with Gasteiger partial charge in [0, 0.05) is 34.1 Å². The number of anilines is 1. The second-order valence-electron chi connectivity index (χ2n) is 9.62. The second kappa shape index (κ2) is 6.88. The van der Waals surface area contributed by atoms with Gasteiger partial charge in [-0.05, 0) is 49.1 Å². The van der Waals surface area contributed by atoms with Gasteiger partial charge in [-0.1, -0.05) is 45.4 Å². The first-order valence-corrected chi connectivity index (χ1v) is 11.9. The summed E-state index contributed by atoms with van der Waals surface area (Å²) in [6.45, 7) is 9.21. The van der Waals surface area contributed by atoms with E-state index in [4.69, 9.17) is 0 Å². The van der Waals surface area contributed by atoms with Crippen LogP contribution in [0.1, 0.15) is 71.8 Å². The molecule has 0 saturated carbocycles. The fourth-order valence-corrected chi connectivity index (χ4v) is 6.67. The van der Waals surface area contributed by atoms with Crippen LogP contribution in [-0.4, -0.2) is 10.5 Å². The van der Waals surface area contributed by atoms with Gasteiger partial charge in [-0.3, -0.25) is 4.79 Å². The first-order chi connectivity index (χ1) is 14.3. The van der Waals surface area contributed by atoms with Crippen molar-refractivity contribution in [3.05, 3.63) is 51.5 Å². The summed E-state index contributed by atoms with van der Waals surface area (Å²) in [4.78, 5) is 14.7. The lowest BCUT2D eigenvalue weighted by Crippen LogP contribution is -2.38. The first-order valence-electron chi connectivity index (χ1n) is 11.1. The van der Waals surface area contributed by atoms with E-state index >= 15 is 0 Å². The molecule has 1 amide bonds. The highest BCUT2D eigenvalue weighted by Crippen LogP contribution is 2.47. The van der Waals surface area contributed by atoms with Crippen LogP contribution in [0.3, 0.4) is 0 Å². The summed E-state index contributed by atoms with van der Waals surface area (Å²) < 4.78 is 2.21. The average molecular weight is 422 g/mol. The molecule has 1 aromatic carbocycles. The van der Waals surface area contributed by atoms with Crippen LogP contribution in [0.4, 0.5) is 5.00 Å². The Balaban J connectivity index is 1.52. The van der Waals surface area contributed by atoms with Crippen LogP contribution in [-0.2, 0) is 19.9 Å². The Bertz CT molecular complexity index is 1150. The van der Waals surface area contributed by atoms with Gasteiger partial charge in [0.2, 0.25) is 0 Å². The molecular weight excluding hydrogens is 390 g/mol. The third-order valence-corrected chi connectivity index (χ3v) is 8.98. The minimum absolute atomic E-state index is 0.0757. The third-order valence-electron chi connectivity index (χ3n) is 7.80. The number of aryl methyl sites for hydroxylation is 1. The van der Waals surface area contributed by atoms with Gasteiger partial charge in [-0.25, -0.2) is 0 Å². The summed E-state index contributed by atoms with van der Waals surface area (Å²) >= 11 is 1.81. The van der Waals surface area contributed by atoms with Gasteiger partial charge in [0.25, 0.3) is 5.91 Å². The lowest BCUT2D eigenvalue weighted by Gasteiger charge is -2.36. The van der Waals surface area contributed by atoms with Crippen molar-refractivity contribution < 1.29 is 4.79 Å². The minimum Gasteiger partial charge on any atom is -0.353 e. The maximum atomic E-state index is 13.2. The van der Waals surface area contributed by atoms with Crippen molar-refractivity contribution >= 4 is 33.1 Å². The zero-order valence-electron chi connectivity index (χ0n) is 18.6. The number of amides is 1. The number of para-hydroxylation sites is 1. The van der Waals surface area contributed by atoms with Crippen molar-refractivity contribution in [3.8, 4) is 0 Å². The Labute approximate surface area is 182 Å². The van der Waals surface area contributed by atoms with Gasteiger partial charge >= 0.3 is 0 Å². The fraction of sp³-hybridized carbons (Fsp3) is 0.480. The van der Waals surface area contributed by atoms with Crippen molar-refractivity contribution in [2.45, 2.75) is 59.5 Å². The molecule has 0 saturated heterocycles. The Morgan fingerprint density at radius 2 is 2.00 bits per heavy atom. The molecule has 1 aliphatic carbocycles. The summed E-state index contributed by atoms with van der Waals surface area (Å²) in [5, 5.41) is 9.21. The molecule has 3 aromatic rings. The average Bonchev–Trinajstić information content (AvgIpc) is 3.23. The van der Waals surface area contributed by atoms with Crippen molar-refractivity contribution in [1.29, 1.82) is 0 Å². The van der Waals surface area contributed by atoms with Gasteiger partial charge < -0.3 is 15.2 Å². The van der Waals surface area contributed by atoms with Crippen LogP contribution in [0.5, 0.6) is 0 Å². The summed E-state index contributed by atoms with van der Waals surface area (Å²) in [6, 6.07) is 8.43. The van der Waals surface area contributed by atoms with Gasteiger partial charge in [-0.15, -0.1) is 11.3 Å². The predicted molar refractivity (Wildman–Crippen MR) is 125 cm³/mol. The molecule has 30 heavy (non-hydrogen) atoms. The van der Waals surface area contributed by atoms with E-state index in [2.05, 4.69) is 74.2 Å². The number of aromatic nitrogens is 1. The maximum absolute atomic E-state index is 13.2. The molecule has 5 heteroatoms. The van der Waals surface area contributed by atoms with Crippen LogP contribution < -0.4 is 10.6 Å². The standard InChI is InChI=1S/C25H31N3OS/c1-6-25(3,4)15-11-12-17-19(13-15)30-24-21(17)23(29)26-22(27-24)20-14(2)28(5)18-10-8-7-9-16(18)20/h7-10,15,22,27H,6,11-13H2,1-5H3,(H,26,29)/t15-,22-/m1/s1. The lowest BCUT2D eigenvalue weighted by molar-refractivity contribution is 0.0935. The lowest BCUT2D eigenvalue weighted by atomic mass is 9.69. The summed E-state index contributed by atoms with van der Waals surface area (Å²) in [7, 11) is 2.09. The Morgan fingerprint density at radius 1 is 1.23 bits per heavy atom. The fourth-order valence-electron chi connectivity index (χ4n) is 5.31. The molecule has 0 unspecified atom stereocenters. The number of hydrogen-bond donors (Lipinski definition) is 2. The highest BCUT2D eigenvalue weighted by atomic mass is 32.1. The molecule has 0 fully saturated rings. The number of rotatable bonds is 3. The van der Waals surface area contributed by atoms with Crippen molar-refractivity contribution in [2.24, 2.45) is 18.4 Å². The Morgan fingerprint density at radius 3 is 2.77 bits per heavy atom. The van der Waals surface area contributed by atoms with E-state index in [0.717, 1.165) is 23.4 Å². The number of carbonyl (C=O) groups excluding carboxylic acids is 1. The first kappa shape index (κ1) is 19.7. The Hall–Kier alpha value is -2.27. The van der Waals surface area contributed by atoms with Gasteiger partial charge in [0.15, 0.2) is 0 Å². The molecule has 0 bridgehead atoms. The highest BCUT2D eigenvalue weighted by Gasteiger charge is 2.38. The zero-order valence-corrected chi connectivity index (χ0v) is 19.4. The van der Waals surface area contributed by atoms with Crippen molar-refractivity contribution in [1.82, 2.24) is 9.88 Å². The predicted octanol–water partition coefficient (Wildman–Crippen LogP) is 5.94. The summed E-state index contributed by atoms with van der Waals surface area (Å²) in [5.74, 6) is 0.765. The molecule has 1 aliphatic heterocycles. The zero-order chi connectivity index (χ0) is 21.2. The van der Waals surface area contributed by atoms with E-state index in [1.807, 2.05) is 11.3 Å². The van der Waals surface area contributed by atoms with E-state index in [1.54, 1.807) is 0 Å². The van der Waals surface area contributed by atoms with Crippen LogP contribution in [0.25, 0.3) is 10.9 Å². The number of nitrogens with one attached hydrogen (secondary N) is 2. The van der Waals surface area contributed by atoms with Crippen molar-refractivity contribution in [3.63, 3.8) is 0 Å². The molecule has 2 atom stereocenters. The van der Waals surface area contributed by atoms with Gasteiger partial charge in [0.1, 0.15) is 11.2 Å². The van der Waals surface area contributed by atoms with Gasteiger partial charge in [-0.2, -0.15) is 0 Å². The van der Waals surface area contributed by atoms with E-state index in [9.17, 15) is 4.79 Å². The van der Waals surface area contributed by atoms with Crippen LogP contribution in [0, 0.1) is 18.3 Å². The summed E-state index contributed by atoms with van der Waals surface area (Å²) in [6.07, 6.45) is 4.29. The topological polar surface area (TPSA) is 46.1 Å². The normalized spacial score (nSPS) is 21.2. The molecule has 2 N–H and O–H groups in total. The van der Waals surface area contributed by atoms with E-state index < -0.39 is 0 Å². The number of carbonyl (C=O) groups is 1. The number of nitrogens with zero attached hydrogens (tertiary/aromatic N) is 1. The molecule has 158 valence electrons. The molecular formula is C25H31N3OS.